The average Bonchev–Trinajstić information content (AvgIpc) is 3.17. The van der Waals surface area contributed by atoms with E-state index in [1.165, 1.54) is 11.0 Å². The first-order valence-electron chi connectivity index (χ1n) is 7.43. The number of amides is 2. The van der Waals surface area contributed by atoms with Gasteiger partial charge in [-0.2, -0.15) is 0 Å². The van der Waals surface area contributed by atoms with Crippen LogP contribution in [0.25, 0.3) is 0 Å². The molecule has 1 fully saturated rings. The molecular formula is C16H17FN4O2. The Balaban J connectivity index is 1.56. The van der Waals surface area contributed by atoms with Crippen LogP contribution in [-0.4, -0.2) is 34.5 Å². The Morgan fingerprint density at radius 1 is 1.39 bits per heavy atom. The summed E-state index contributed by atoms with van der Waals surface area (Å²) in [5, 5.41) is 2.81. The minimum atomic E-state index is -0.456. The highest BCUT2D eigenvalue weighted by Gasteiger charge is 2.35. The van der Waals surface area contributed by atoms with E-state index in [0.29, 0.717) is 13.1 Å². The van der Waals surface area contributed by atoms with E-state index >= 15 is 0 Å². The minimum Gasteiger partial charge on any atom is -0.354 e. The Labute approximate surface area is 132 Å². The lowest BCUT2D eigenvalue weighted by Crippen LogP contribution is -2.34. The van der Waals surface area contributed by atoms with Gasteiger partial charge in [-0.25, -0.2) is 9.37 Å². The fourth-order valence-electron chi connectivity index (χ4n) is 2.66. The summed E-state index contributed by atoms with van der Waals surface area (Å²) in [5.41, 5.74) is 0.228. The van der Waals surface area contributed by atoms with E-state index in [-0.39, 0.29) is 30.5 Å². The number of aromatic nitrogens is 2. The molecule has 0 spiro atoms. The van der Waals surface area contributed by atoms with Crippen molar-refractivity contribution in [2.75, 3.05) is 18.0 Å². The third kappa shape index (κ3) is 3.39. The number of carbonyl (C=O) groups excluding carboxylic acids is 2. The van der Waals surface area contributed by atoms with Crippen LogP contribution in [0, 0.1) is 11.7 Å². The molecule has 0 aliphatic carbocycles. The van der Waals surface area contributed by atoms with Crippen LogP contribution in [0.4, 0.5) is 10.1 Å². The largest absolute Gasteiger partial charge is 0.354 e. The smallest absolute Gasteiger partial charge is 0.227 e. The topological polar surface area (TPSA) is 67.2 Å². The van der Waals surface area contributed by atoms with Crippen LogP contribution in [0.1, 0.15) is 6.42 Å². The molecule has 2 aromatic rings. The Kier molecular flexibility index (Phi) is 4.36. The molecule has 0 unspecified atom stereocenters. The lowest BCUT2D eigenvalue weighted by atomic mass is 10.1. The van der Waals surface area contributed by atoms with E-state index in [1.54, 1.807) is 30.7 Å². The van der Waals surface area contributed by atoms with Crippen molar-refractivity contribution in [1.29, 1.82) is 0 Å². The zero-order valence-electron chi connectivity index (χ0n) is 12.5. The predicted molar refractivity (Wildman–Crippen MR) is 82.1 cm³/mol. The lowest BCUT2D eigenvalue weighted by molar-refractivity contribution is -0.126. The first-order valence-corrected chi connectivity index (χ1v) is 7.43. The van der Waals surface area contributed by atoms with Crippen molar-refractivity contribution < 1.29 is 14.0 Å². The summed E-state index contributed by atoms with van der Waals surface area (Å²) >= 11 is 0. The number of carbonyl (C=O) groups is 2. The zero-order chi connectivity index (χ0) is 16.2. The maximum atomic E-state index is 13.8. The summed E-state index contributed by atoms with van der Waals surface area (Å²) in [6, 6.07) is 6.09. The molecule has 120 valence electrons. The molecule has 6 nitrogen and oxygen atoms in total. The number of halogens is 1. The highest BCUT2D eigenvalue weighted by Crippen LogP contribution is 2.27. The van der Waals surface area contributed by atoms with Gasteiger partial charge in [-0.05, 0) is 12.1 Å². The predicted octanol–water partition coefficient (Wildman–Crippen LogP) is 1.19. The van der Waals surface area contributed by atoms with E-state index in [2.05, 4.69) is 10.3 Å². The van der Waals surface area contributed by atoms with Crippen LogP contribution in [0.2, 0.25) is 0 Å². The van der Waals surface area contributed by atoms with E-state index in [0.717, 1.165) is 0 Å². The average molecular weight is 316 g/mol. The number of hydrogen-bond acceptors (Lipinski definition) is 3. The van der Waals surface area contributed by atoms with E-state index < -0.39 is 11.7 Å². The molecule has 3 rings (SSSR count). The van der Waals surface area contributed by atoms with E-state index in [4.69, 9.17) is 0 Å². The maximum absolute atomic E-state index is 13.8. The van der Waals surface area contributed by atoms with Crippen LogP contribution < -0.4 is 10.2 Å². The molecule has 2 amide bonds. The number of para-hydroxylation sites is 1. The van der Waals surface area contributed by atoms with Crippen molar-refractivity contribution in [2.24, 2.45) is 5.92 Å². The van der Waals surface area contributed by atoms with Gasteiger partial charge in [0, 0.05) is 38.4 Å². The second-order valence-corrected chi connectivity index (χ2v) is 5.45. The zero-order valence-corrected chi connectivity index (χ0v) is 12.5. The van der Waals surface area contributed by atoms with Crippen LogP contribution in [0.3, 0.4) is 0 Å². The molecule has 23 heavy (non-hydrogen) atoms. The molecule has 0 radical (unpaired) electrons. The minimum absolute atomic E-state index is 0.102. The monoisotopic (exact) mass is 316 g/mol. The highest BCUT2D eigenvalue weighted by molar-refractivity contribution is 6.00. The number of hydrogen-bond donors (Lipinski definition) is 1. The fourth-order valence-corrected chi connectivity index (χ4v) is 2.66. The third-order valence-electron chi connectivity index (χ3n) is 3.87. The van der Waals surface area contributed by atoms with Crippen LogP contribution in [0.15, 0.2) is 43.0 Å². The third-order valence-corrected chi connectivity index (χ3v) is 3.87. The normalized spacial score (nSPS) is 17.5. The van der Waals surface area contributed by atoms with Crippen molar-refractivity contribution in [3.05, 3.63) is 48.8 Å². The van der Waals surface area contributed by atoms with Crippen molar-refractivity contribution in [1.82, 2.24) is 14.9 Å². The van der Waals surface area contributed by atoms with Gasteiger partial charge in [0.25, 0.3) is 0 Å². The van der Waals surface area contributed by atoms with Crippen molar-refractivity contribution in [3.63, 3.8) is 0 Å². The molecule has 2 heterocycles. The number of rotatable bonds is 5. The summed E-state index contributed by atoms with van der Waals surface area (Å²) in [4.78, 5) is 29.5. The van der Waals surface area contributed by atoms with Crippen LogP contribution >= 0.6 is 0 Å². The Hall–Kier alpha value is -2.70. The maximum Gasteiger partial charge on any atom is 0.227 e. The molecule has 1 aromatic heterocycles. The van der Waals surface area contributed by atoms with Crippen LogP contribution in [0.5, 0.6) is 0 Å². The van der Waals surface area contributed by atoms with E-state index in [9.17, 15) is 14.0 Å². The van der Waals surface area contributed by atoms with Crippen molar-refractivity contribution in [3.8, 4) is 0 Å². The van der Waals surface area contributed by atoms with Crippen molar-refractivity contribution >= 4 is 17.5 Å². The van der Waals surface area contributed by atoms with Gasteiger partial charge in [-0.15, -0.1) is 0 Å². The molecule has 1 N–H and O–H groups in total. The molecule has 1 aliphatic rings. The SMILES string of the molecule is O=C(NCCn1ccnc1)[C@@H]1CC(=O)N(c2ccccc2F)C1. The molecule has 0 saturated carbocycles. The molecular weight excluding hydrogens is 299 g/mol. The first-order chi connectivity index (χ1) is 11.1. The highest BCUT2D eigenvalue weighted by atomic mass is 19.1. The number of nitrogens with zero attached hydrogens (tertiary/aromatic N) is 3. The van der Waals surface area contributed by atoms with Crippen LogP contribution in [-0.2, 0) is 16.1 Å². The first kappa shape index (κ1) is 15.2. The molecule has 1 saturated heterocycles. The Morgan fingerprint density at radius 3 is 2.96 bits per heavy atom. The summed E-state index contributed by atoms with van der Waals surface area (Å²) in [5.74, 6) is -1.32. The second-order valence-electron chi connectivity index (χ2n) is 5.45. The summed E-state index contributed by atoms with van der Waals surface area (Å²) in [6.07, 6.45) is 5.26. The molecule has 1 atom stereocenters. The Morgan fingerprint density at radius 2 is 2.22 bits per heavy atom. The standard InChI is InChI=1S/C16H17FN4O2/c17-13-3-1-2-4-14(13)21-10-12(9-15(21)22)16(23)19-6-8-20-7-5-18-11-20/h1-5,7,11-12H,6,8-10H2,(H,19,23)/t12-/m1/s1. The molecule has 7 heteroatoms. The molecule has 1 aliphatic heterocycles. The van der Waals surface area contributed by atoms with Gasteiger partial charge in [0.05, 0.1) is 17.9 Å². The summed E-state index contributed by atoms with van der Waals surface area (Å²) in [7, 11) is 0. The number of anilines is 1. The van der Waals surface area contributed by atoms with Gasteiger partial charge in [0.2, 0.25) is 11.8 Å². The lowest BCUT2D eigenvalue weighted by Gasteiger charge is -2.17. The second kappa shape index (κ2) is 6.60. The van der Waals surface area contributed by atoms with Gasteiger partial charge in [-0.3, -0.25) is 9.59 Å². The van der Waals surface area contributed by atoms with Crippen molar-refractivity contribution in [2.45, 2.75) is 13.0 Å². The van der Waals surface area contributed by atoms with Gasteiger partial charge in [-0.1, -0.05) is 12.1 Å². The Bertz CT molecular complexity index is 702. The van der Waals surface area contributed by atoms with E-state index in [1.807, 2.05) is 10.8 Å². The number of imidazole rings is 1. The fraction of sp³-hybridized carbons (Fsp3) is 0.312. The molecule has 1 aromatic carbocycles. The van der Waals surface area contributed by atoms with Gasteiger partial charge in [0.15, 0.2) is 0 Å². The number of nitrogens with one attached hydrogen (secondary N) is 1. The molecule has 0 bridgehead atoms. The number of benzene rings is 1. The summed E-state index contributed by atoms with van der Waals surface area (Å²) in [6.45, 7) is 1.28. The van der Waals surface area contributed by atoms with Gasteiger partial charge >= 0.3 is 0 Å². The van der Waals surface area contributed by atoms with Gasteiger partial charge in [0.1, 0.15) is 5.82 Å². The van der Waals surface area contributed by atoms with Gasteiger partial charge < -0.3 is 14.8 Å². The summed E-state index contributed by atoms with van der Waals surface area (Å²) < 4.78 is 15.7. The quantitative estimate of drug-likeness (QED) is 0.901.